The summed E-state index contributed by atoms with van der Waals surface area (Å²) in [6, 6.07) is 21.5. The van der Waals surface area contributed by atoms with E-state index in [2.05, 4.69) is 5.32 Å². The Bertz CT molecular complexity index is 1410. The van der Waals surface area contributed by atoms with Crippen molar-refractivity contribution in [3.8, 4) is 11.4 Å². The maximum absolute atomic E-state index is 13.8. The van der Waals surface area contributed by atoms with Crippen LogP contribution in [-0.2, 0) is 0 Å². The first-order chi connectivity index (χ1) is 17.0. The molecule has 0 aliphatic heterocycles. The monoisotopic (exact) mass is 470 g/mol. The summed E-state index contributed by atoms with van der Waals surface area (Å²) in [5.74, 6) is 1.04. The van der Waals surface area contributed by atoms with E-state index < -0.39 is 6.04 Å². The van der Waals surface area contributed by atoms with Gasteiger partial charge in [-0.2, -0.15) is 0 Å². The quantitative estimate of drug-likeness (QED) is 0.375. The number of fused-ring (bicyclic) bond motifs is 1. The fourth-order valence-electron chi connectivity index (χ4n) is 4.22. The Balaban J connectivity index is 1.86. The van der Waals surface area contributed by atoms with Crippen molar-refractivity contribution in [2.45, 2.75) is 33.7 Å². The molecule has 1 atom stereocenters. The second-order valence-electron chi connectivity index (χ2n) is 8.24. The number of aromatic nitrogens is 2. The standard InChI is InChI=1S/C28H30N4O3/c1-5-31(28(34)30-22-15-9-7-13-19(22)3)20(4)26-29-23-16-10-8-14-21(23)27(33)32(26)24-17-11-12-18-25(24)35-6-2/h7-18,20H,5-6H2,1-4H3,(H,30,34). The van der Waals surface area contributed by atoms with Gasteiger partial charge < -0.3 is 15.0 Å². The summed E-state index contributed by atoms with van der Waals surface area (Å²) >= 11 is 0. The van der Waals surface area contributed by atoms with E-state index in [1.165, 1.54) is 0 Å². The number of urea groups is 1. The largest absolute Gasteiger partial charge is 0.492 e. The van der Waals surface area contributed by atoms with Gasteiger partial charge >= 0.3 is 6.03 Å². The van der Waals surface area contributed by atoms with E-state index in [1.807, 2.05) is 94.4 Å². The van der Waals surface area contributed by atoms with Crippen LogP contribution in [0.3, 0.4) is 0 Å². The first-order valence-corrected chi connectivity index (χ1v) is 11.8. The number of ether oxygens (including phenoxy) is 1. The third-order valence-electron chi connectivity index (χ3n) is 6.04. The number of amides is 2. The molecule has 0 aliphatic rings. The van der Waals surface area contributed by atoms with Crippen LogP contribution in [0.1, 0.15) is 38.2 Å². The zero-order valence-corrected chi connectivity index (χ0v) is 20.5. The molecular formula is C28H30N4O3. The highest BCUT2D eigenvalue weighted by molar-refractivity contribution is 5.90. The predicted molar refractivity (Wildman–Crippen MR) is 140 cm³/mol. The highest BCUT2D eigenvalue weighted by atomic mass is 16.5. The third kappa shape index (κ3) is 4.75. The Morgan fingerprint density at radius 2 is 1.71 bits per heavy atom. The maximum atomic E-state index is 13.8. The molecule has 0 aliphatic carbocycles. The zero-order valence-electron chi connectivity index (χ0n) is 20.5. The minimum Gasteiger partial charge on any atom is -0.492 e. The number of rotatable bonds is 7. The molecule has 7 nitrogen and oxygen atoms in total. The van der Waals surface area contributed by atoms with Crippen molar-refractivity contribution >= 4 is 22.6 Å². The molecule has 2 amide bonds. The minimum absolute atomic E-state index is 0.208. The van der Waals surface area contributed by atoms with Crippen molar-refractivity contribution in [3.63, 3.8) is 0 Å². The summed E-state index contributed by atoms with van der Waals surface area (Å²) in [6.45, 7) is 8.52. The van der Waals surface area contributed by atoms with Gasteiger partial charge in [-0.15, -0.1) is 0 Å². The molecule has 0 radical (unpaired) electrons. The molecule has 7 heteroatoms. The Labute approximate surface area is 205 Å². The number of carbonyl (C=O) groups is 1. The van der Waals surface area contributed by atoms with Crippen molar-refractivity contribution in [2.75, 3.05) is 18.5 Å². The Morgan fingerprint density at radius 3 is 2.46 bits per heavy atom. The second-order valence-corrected chi connectivity index (χ2v) is 8.24. The molecule has 0 bridgehead atoms. The average Bonchev–Trinajstić information content (AvgIpc) is 2.86. The van der Waals surface area contributed by atoms with E-state index in [0.29, 0.717) is 41.3 Å². The van der Waals surface area contributed by atoms with E-state index >= 15 is 0 Å². The van der Waals surface area contributed by atoms with Crippen molar-refractivity contribution in [2.24, 2.45) is 0 Å². The molecule has 0 fully saturated rings. The van der Waals surface area contributed by atoms with Crippen LogP contribution in [0.25, 0.3) is 16.6 Å². The topological polar surface area (TPSA) is 76.5 Å². The SMILES string of the molecule is CCOc1ccccc1-n1c(C(C)N(CC)C(=O)Nc2ccccc2C)nc2ccccc2c1=O. The summed E-state index contributed by atoms with van der Waals surface area (Å²) in [6.07, 6.45) is 0. The fraction of sp³-hybridized carbons (Fsp3) is 0.250. The number of para-hydroxylation sites is 4. The predicted octanol–water partition coefficient (Wildman–Crippen LogP) is 5.71. The summed E-state index contributed by atoms with van der Waals surface area (Å²) in [5, 5.41) is 3.50. The van der Waals surface area contributed by atoms with Gasteiger partial charge in [0.1, 0.15) is 11.6 Å². The number of hydrogen-bond donors (Lipinski definition) is 1. The molecule has 1 heterocycles. The van der Waals surface area contributed by atoms with Gasteiger partial charge in [0.05, 0.1) is 29.2 Å². The molecule has 3 aromatic carbocycles. The van der Waals surface area contributed by atoms with Crippen LogP contribution in [0.4, 0.5) is 10.5 Å². The van der Waals surface area contributed by atoms with Crippen molar-refractivity contribution in [1.82, 2.24) is 14.5 Å². The van der Waals surface area contributed by atoms with Gasteiger partial charge in [0.2, 0.25) is 0 Å². The number of carbonyl (C=O) groups excluding carboxylic acids is 1. The summed E-state index contributed by atoms with van der Waals surface area (Å²) in [4.78, 5) is 33.7. The van der Waals surface area contributed by atoms with Crippen LogP contribution in [0, 0.1) is 6.92 Å². The van der Waals surface area contributed by atoms with Crippen molar-refractivity contribution in [3.05, 3.63) is 94.5 Å². The van der Waals surface area contributed by atoms with Gasteiger partial charge in [0, 0.05) is 12.2 Å². The second kappa shape index (κ2) is 10.4. The lowest BCUT2D eigenvalue weighted by atomic mass is 10.1. The smallest absolute Gasteiger partial charge is 0.322 e. The first kappa shape index (κ1) is 24.0. The van der Waals surface area contributed by atoms with E-state index in [4.69, 9.17) is 9.72 Å². The normalized spacial score (nSPS) is 11.8. The number of hydrogen-bond acceptors (Lipinski definition) is 4. The lowest BCUT2D eigenvalue weighted by Crippen LogP contribution is -2.40. The van der Waals surface area contributed by atoms with Crippen LogP contribution in [0.5, 0.6) is 5.75 Å². The molecule has 0 saturated carbocycles. The van der Waals surface area contributed by atoms with E-state index in [9.17, 15) is 9.59 Å². The van der Waals surface area contributed by atoms with Gasteiger partial charge in [-0.1, -0.05) is 42.5 Å². The molecule has 0 saturated heterocycles. The van der Waals surface area contributed by atoms with Crippen LogP contribution in [0.15, 0.2) is 77.6 Å². The Morgan fingerprint density at radius 1 is 1.03 bits per heavy atom. The van der Waals surface area contributed by atoms with E-state index in [0.717, 1.165) is 11.3 Å². The lowest BCUT2D eigenvalue weighted by molar-refractivity contribution is 0.193. The maximum Gasteiger partial charge on any atom is 0.322 e. The van der Waals surface area contributed by atoms with Crippen molar-refractivity contribution in [1.29, 1.82) is 0 Å². The first-order valence-electron chi connectivity index (χ1n) is 11.8. The number of anilines is 1. The highest BCUT2D eigenvalue weighted by Gasteiger charge is 2.27. The molecule has 1 unspecified atom stereocenters. The van der Waals surface area contributed by atoms with Crippen LogP contribution in [0.2, 0.25) is 0 Å². The molecule has 180 valence electrons. The van der Waals surface area contributed by atoms with Gasteiger partial charge in [-0.05, 0) is 63.6 Å². The van der Waals surface area contributed by atoms with Gasteiger partial charge in [-0.25, -0.2) is 9.78 Å². The highest BCUT2D eigenvalue weighted by Crippen LogP contribution is 2.28. The summed E-state index contributed by atoms with van der Waals surface area (Å²) in [7, 11) is 0. The van der Waals surface area contributed by atoms with Gasteiger partial charge in [-0.3, -0.25) is 9.36 Å². The third-order valence-corrected chi connectivity index (χ3v) is 6.04. The molecule has 35 heavy (non-hydrogen) atoms. The molecule has 1 N–H and O–H groups in total. The molecule has 0 spiro atoms. The van der Waals surface area contributed by atoms with E-state index in [-0.39, 0.29) is 11.6 Å². The van der Waals surface area contributed by atoms with E-state index in [1.54, 1.807) is 15.5 Å². The van der Waals surface area contributed by atoms with Gasteiger partial charge in [0.15, 0.2) is 0 Å². The average molecular weight is 471 g/mol. The Hall–Kier alpha value is -4.13. The van der Waals surface area contributed by atoms with Crippen LogP contribution in [-0.4, -0.2) is 33.6 Å². The summed E-state index contributed by atoms with van der Waals surface area (Å²) < 4.78 is 7.41. The van der Waals surface area contributed by atoms with Crippen molar-refractivity contribution < 1.29 is 9.53 Å². The lowest BCUT2D eigenvalue weighted by Gasteiger charge is -2.30. The number of benzene rings is 3. The molecule has 1 aromatic heterocycles. The van der Waals surface area contributed by atoms with Crippen LogP contribution >= 0.6 is 0 Å². The Kier molecular flexibility index (Phi) is 7.15. The van der Waals surface area contributed by atoms with Gasteiger partial charge in [0.25, 0.3) is 5.56 Å². The molecule has 4 rings (SSSR count). The molecular weight excluding hydrogens is 440 g/mol. The van der Waals surface area contributed by atoms with Crippen LogP contribution < -0.4 is 15.6 Å². The fourth-order valence-corrected chi connectivity index (χ4v) is 4.22. The summed E-state index contributed by atoms with van der Waals surface area (Å²) in [5.41, 5.74) is 2.68. The minimum atomic E-state index is -0.504. The number of aryl methyl sites for hydroxylation is 1. The number of nitrogens with one attached hydrogen (secondary N) is 1. The number of nitrogens with zero attached hydrogens (tertiary/aromatic N) is 3. The molecule has 4 aromatic rings. The zero-order chi connectivity index (χ0) is 24.9.